The molecule has 1 unspecified atom stereocenters. The van der Waals surface area contributed by atoms with Gasteiger partial charge >= 0.3 is 0 Å². The third kappa shape index (κ3) is 3.05. The second-order valence-corrected chi connectivity index (χ2v) is 6.45. The molecule has 6 nitrogen and oxygen atoms in total. The highest BCUT2D eigenvalue weighted by Crippen LogP contribution is 2.38. The van der Waals surface area contributed by atoms with Crippen molar-refractivity contribution in [1.82, 2.24) is 9.88 Å². The maximum Gasteiger partial charge on any atom is 0.273 e. The topological polar surface area (TPSA) is 76.3 Å². The molecule has 118 valence electrons. The first kappa shape index (κ1) is 15.5. The molecule has 0 radical (unpaired) electrons. The van der Waals surface area contributed by atoms with E-state index in [2.05, 4.69) is 4.98 Å². The van der Waals surface area contributed by atoms with Crippen molar-refractivity contribution >= 4 is 23.4 Å². The van der Waals surface area contributed by atoms with Crippen molar-refractivity contribution < 1.29 is 9.72 Å². The van der Waals surface area contributed by atoms with Crippen LogP contribution < -0.4 is 0 Å². The van der Waals surface area contributed by atoms with Crippen LogP contribution >= 0.6 is 11.8 Å². The van der Waals surface area contributed by atoms with E-state index in [4.69, 9.17) is 0 Å². The van der Waals surface area contributed by atoms with E-state index in [1.165, 1.54) is 6.07 Å². The summed E-state index contributed by atoms with van der Waals surface area (Å²) in [6.07, 6.45) is 3.44. The highest BCUT2D eigenvalue weighted by molar-refractivity contribution is 7.99. The first-order chi connectivity index (χ1) is 11.1. The van der Waals surface area contributed by atoms with Gasteiger partial charge in [-0.15, -0.1) is 11.8 Å². The van der Waals surface area contributed by atoms with Crippen LogP contribution in [0.1, 0.15) is 26.9 Å². The number of hydrogen-bond acceptors (Lipinski definition) is 5. The van der Waals surface area contributed by atoms with E-state index in [0.29, 0.717) is 17.7 Å². The van der Waals surface area contributed by atoms with Gasteiger partial charge in [0.05, 0.1) is 4.92 Å². The van der Waals surface area contributed by atoms with Gasteiger partial charge in [-0.2, -0.15) is 0 Å². The van der Waals surface area contributed by atoms with Gasteiger partial charge in [-0.25, -0.2) is 0 Å². The van der Waals surface area contributed by atoms with Crippen molar-refractivity contribution in [1.29, 1.82) is 0 Å². The summed E-state index contributed by atoms with van der Waals surface area (Å²) in [5.41, 5.74) is 1.83. The summed E-state index contributed by atoms with van der Waals surface area (Å²) in [5, 5.41) is 11.0. The molecule has 0 N–H and O–H groups in total. The Kier molecular flexibility index (Phi) is 4.29. The van der Waals surface area contributed by atoms with E-state index in [-0.39, 0.29) is 17.0 Å². The molecule has 0 bridgehead atoms. The largest absolute Gasteiger partial charge is 0.322 e. The third-order valence-corrected chi connectivity index (χ3v) is 5.03. The van der Waals surface area contributed by atoms with Crippen molar-refractivity contribution in [3.63, 3.8) is 0 Å². The minimum Gasteiger partial charge on any atom is -0.322 e. The molecule has 3 rings (SSSR count). The maximum absolute atomic E-state index is 12.8. The summed E-state index contributed by atoms with van der Waals surface area (Å²) in [7, 11) is 0. The van der Waals surface area contributed by atoms with Gasteiger partial charge in [0.25, 0.3) is 11.6 Å². The summed E-state index contributed by atoms with van der Waals surface area (Å²) in [6.45, 7) is 2.28. The normalized spacial score (nSPS) is 17.3. The van der Waals surface area contributed by atoms with Gasteiger partial charge in [-0.05, 0) is 19.1 Å². The van der Waals surface area contributed by atoms with Crippen molar-refractivity contribution in [2.24, 2.45) is 0 Å². The second kappa shape index (κ2) is 6.37. The van der Waals surface area contributed by atoms with Crippen LogP contribution in [0.3, 0.4) is 0 Å². The number of carbonyl (C=O) groups excluding carboxylic acids is 1. The van der Waals surface area contributed by atoms with Gasteiger partial charge in [-0.1, -0.05) is 12.1 Å². The predicted octanol–water partition coefficient (Wildman–Crippen LogP) is 3.19. The second-order valence-electron chi connectivity index (χ2n) is 5.27. The third-order valence-electron chi connectivity index (χ3n) is 3.77. The molecular weight excluding hydrogens is 314 g/mol. The van der Waals surface area contributed by atoms with Crippen molar-refractivity contribution in [2.45, 2.75) is 12.3 Å². The molecule has 1 aliphatic heterocycles. The minimum atomic E-state index is -0.455. The van der Waals surface area contributed by atoms with Crippen molar-refractivity contribution in [2.75, 3.05) is 12.3 Å². The Labute approximate surface area is 137 Å². The van der Waals surface area contributed by atoms with E-state index < -0.39 is 4.92 Å². The minimum absolute atomic E-state index is 0.0272. The highest BCUT2D eigenvalue weighted by atomic mass is 32.2. The Morgan fingerprint density at radius 1 is 1.43 bits per heavy atom. The molecule has 1 atom stereocenters. The molecule has 1 fully saturated rings. The Balaban J connectivity index is 1.91. The fourth-order valence-electron chi connectivity index (χ4n) is 2.58. The van der Waals surface area contributed by atoms with Crippen LogP contribution in [0.15, 0.2) is 42.7 Å². The molecule has 0 saturated carbocycles. The van der Waals surface area contributed by atoms with E-state index in [9.17, 15) is 14.9 Å². The fourth-order valence-corrected chi connectivity index (χ4v) is 3.82. The Bertz CT molecular complexity index is 751. The number of pyridine rings is 1. The first-order valence-electron chi connectivity index (χ1n) is 7.15. The fraction of sp³-hybridized carbons (Fsp3) is 0.250. The number of aromatic nitrogens is 1. The monoisotopic (exact) mass is 329 g/mol. The SMILES string of the molecule is Cc1ccc(C(=O)N2CCSC2c2cccnc2)cc1[N+](=O)[O-]. The Morgan fingerprint density at radius 3 is 2.96 bits per heavy atom. The molecule has 23 heavy (non-hydrogen) atoms. The summed E-state index contributed by atoms with van der Waals surface area (Å²) in [6, 6.07) is 8.41. The summed E-state index contributed by atoms with van der Waals surface area (Å²) >= 11 is 1.67. The van der Waals surface area contributed by atoms with Gasteiger partial charge < -0.3 is 4.90 Å². The lowest BCUT2D eigenvalue weighted by molar-refractivity contribution is -0.385. The number of rotatable bonds is 3. The zero-order chi connectivity index (χ0) is 16.4. The molecule has 1 amide bonds. The molecule has 1 aromatic carbocycles. The number of aryl methyl sites for hydroxylation is 1. The zero-order valence-electron chi connectivity index (χ0n) is 12.5. The summed E-state index contributed by atoms with van der Waals surface area (Å²) < 4.78 is 0. The summed E-state index contributed by atoms with van der Waals surface area (Å²) in [4.78, 5) is 29.3. The van der Waals surface area contributed by atoms with Gasteiger partial charge in [0, 0.05) is 47.4 Å². The summed E-state index contributed by atoms with van der Waals surface area (Å²) in [5.74, 6) is 0.645. The molecule has 1 aliphatic rings. The smallest absolute Gasteiger partial charge is 0.273 e. The van der Waals surface area contributed by atoms with E-state index in [1.54, 1.807) is 48.1 Å². The number of carbonyl (C=O) groups is 1. The van der Waals surface area contributed by atoms with Crippen LogP contribution in [-0.2, 0) is 0 Å². The van der Waals surface area contributed by atoms with Crippen LogP contribution in [0, 0.1) is 17.0 Å². The van der Waals surface area contributed by atoms with Gasteiger partial charge in [0.15, 0.2) is 0 Å². The van der Waals surface area contributed by atoms with Crippen LogP contribution in [0.5, 0.6) is 0 Å². The number of benzene rings is 1. The standard InChI is InChI=1S/C16H15N3O3S/c1-11-4-5-12(9-14(11)19(21)22)15(20)18-7-8-23-16(18)13-3-2-6-17-10-13/h2-6,9-10,16H,7-8H2,1H3. The number of nitro groups is 1. The molecule has 0 spiro atoms. The highest BCUT2D eigenvalue weighted by Gasteiger charge is 2.32. The van der Waals surface area contributed by atoms with E-state index in [1.807, 2.05) is 12.1 Å². The van der Waals surface area contributed by atoms with Gasteiger partial charge in [-0.3, -0.25) is 19.9 Å². The predicted molar refractivity (Wildman–Crippen MR) is 88.3 cm³/mol. The average Bonchev–Trinajstić information content (AvgIpc) is 3.04. The number of amides is 1. The van der Waals surface area contributed by atoms with E-state index in [0.717, 1.165) is 11.3 Å². The number of hydrogen-bond donors (Lipinski definition) is 0. The van der Waals surface area contributed by atoms with E-state index >= 15 is 0 Å². The molecule has 2 aromatic rings. The van der Waals surface area contributed by atoms with Crippen LogP contribution in [-0.4, -0.2) is 33.0 Å². The van der Waals surface area contributed by atoms with Gasteiger partial charge in [0.2, 0.25) is 0 Å². The molecule has 7 heteroatoms. The Hall–Kier alpha value is -2.41. The molecule has 0 aliphatic carbocycles. The van der Waals surface area contributed by atoms with Crippen molar-refractivity contribution in [3.05, 3.63) is 69.5 Å². The molecule has 2 heterocycles. The molecular formula is C16H15N3O3S. The van der Waals surface area contributed by atoms with Crippen molar-refractivity contribution in [3.8, 4) is 0 Å². The first-order valence-corrected chi connectivity index (χ1v) is 8.20. The van der Waals surface area contributed by atoms with Gasteiger partial charge in [0.1, 0.15) is 5.37 Å². The lowest BCUT2D eigenvalue weighted by atomic mass is 10.1. The van der Waals surface area contributed by atoms with Crippen LogP contribution in [0.4, 0.5) is 5.69 Å². The number of nitrogens with zero attached hydrogens (tertiary/aromatic N) is 3. The lowest BCUT2D eigenvalue weighted by Crippen LogP contribution is -2.30. The quantitative estimate of drug-likeness (QED) is 0.638. The molecule has 1 saturated heterocycles. The number of thioether (sulfide) groups is 1. The lowest BCUT2D eigenvalue weighted by Gasteiger charge is -2.24. The number of nitro benzene ring substituents is 1. The Morgan fingerprint density at radius 2 is 2.26 bits per heavy atom. The zero-order valence-corrected chi connectivity index (χ0v) is 13.3. The average molecular weight is 329 g/mol. The van der Waals surface area contributed by atoms with Crippen LogP contribution in [0.25, 0.3) is 0 Å². The molecule has 1 aromatic heterocycles. The maximum atomic E-state index is 12.8. The van der Waals surface area contributed by atoms with Crippen LogP contribution in [0.2, 0.25) is 0 Å².